The van der Waals surface area contributed by atoms with Gasteiger partial charge in [0, 0.05) is 11.6 Å². The first-order valence-electron chi connectivity index (χ1n) is 7.08. The molecular formula is C16H21F2Li. The van der Waals surface area contributed by atoms with Gasteiger partial charge in [-0.1, -0.05) is 26.2 Å². The molecule has 0 atom stereocenters. The molecule has 0 saturated heterocycles. The van der Waals surface area contributed by atoms with Crippen molar-refractivity contribution in [3.8, 4) is 0 Å². The Morgan fingerprint density at radius 2 is 1.89 bits per heavy atom. The summed E-state index contributed by atoms with van der Waals surface area (Å²) in [7, 11) is 0. The van der Waals surface area contributed by atoms with E-state index in [2.05, 4.69) is 13.0 Å². The van der Waals surface area contributed by atoms with Crippen molar-refractivity contribution in [3.63, 3.8) is 0 Å². The van der Waals surface area contributed by atoms with Crippen LogP contribution in [0.25, 0.3) is 0 Å². The van der Waals surface area contributed by atoms with E-state index in [9.17, 15) is 8.78 Å². The maximum absolute atomic E-state index is 13.7. The van der Waals surface area contributed by atoms with E-state index in [1.54, 1.807) is 6.07 Å². The van der Waals surface area contributed by atoms with E-state index < -0.39 is 11.6 Å². The molecule has 0 aromatic heterocycles. The van der Waals surface area contributed by atoms with Crippen molar-refractivity contribution in [2.45, 2.75) is 57.8 Å². The Balaban J connectivity index is 0.00000180. The largest absolute Gasteiger partial charge is 1.00 e. The average Bonchev–Trinajstić information content (AvgIpc) is 2.40. The monoisotopic (exact) mass is 258 g/mol. The Labute approximate surface area is 127 Å². The van der Waals surface area contributed by atoms with Crippen molar-refractivity contribution in [1.82, 2.24) is 0 Å². The summed E-state index contributed by atoms with van der Waals surface area (Å²) in [6.45, 7) is 2.21. The fourth-order valence-corrected chi connectivity index (χ4v) is 3.04. The third kappa shape index (κ3) is 4.33. The molecular weight excluding hydrogens is 237 g/mol. The molecule has 0 unspecified atom stereocenters. The summed E-state index contributed by atoms with van der Waals surface area (Å²) in [4.78, 5) is 0. The molecule has 100 valence electrons. The van der Waals surface area contributed by atoms with Crippen LogP contribution in [0, 0.1) is 23.6 Å². The van der Waals surface area contributed by atoms with Gasteiger partial charge in [0.15, 0.2) is 0 Å². The standard InChI is InChI=1S/C16H21F2.Li/c1-2-3-5-12-8-10-13(11-9-12)14-6-4-7-15(17)16(14)18;/h4,6,12-13H,2-3,5,8-11H2,1H3;/q-1;+1. The summed E-state index contributed by atoms with van der Waals surface area (Å²) in [5.41, 5.74) is 0.556. The average molecular weight is 258 g/mol. The Kier molecular flexibility index (Phi) is 7.11. The van der Waals surface area contributed by atoms with E-state index in [1.807, 2.05) is 0 Å². The van der Waals surface area contributed by atoms with Gasteiger partial charge in [-0.15, -0.1) is 11.6 Å². The van der Waals surface area contributed by atoms with Gasteiger partial charge in [0.2, 0.25) is 0 Å². The summed E-state index contributed by atoms with van der Waals surface area (Å²) in [6, 6.07) is 5.46. The smallest absolute Gasteiger partial charge is 0.281 e. The number of benzene rings is 1. The number of hydrogen-bond acceptors (Lipinski definition) is 0. The van der Waals surface area contributed by atoms with E-state index >= 15 is 0 Å². The quantitative estimate of drug-likeness (QED) is 0.574. The van der Waals surface area contributed by atoms with Crippen LogP contribution in [0.15, 0.2) is 12.1 Å². The van der Waals surface area contributed by atoms with E-state index in [0.717, 1.165) is 31.6 Å². The minimum Gasteiger partial charge on any atom is -0.281 e. The van der Waals surface area contributed by atoms with Gasteiger partial charge in [0.25, 0.3) is 0 Å². The zero-order valence-electron chi connectivity index (χ0n) is 12.0. The van der Waals surface area contributed by atoms with Crippen molar-refractivity contribution >= 4 is 0 Å². The van der Waals surface area contributed by atoms with E-state index in [-0.39, 0.29) is 24.8 Å². The summed E-state index contributed by atoms with van der Waals surface area (Å²) >= 11 is 0. The predicted molar refractivity (Wildman–Crippen MR) is 69.4 cm³/mol. The molecule has 0 amide bonds. The maximum Gasteiger partial charge on any atom is 1.00 e. The number of unbranched alkanes of at least 4 members (excludes halogenated alkanes) is 1. The van der Waals surface area contributed by atoms with Crippen LogP contribution in [-0.2, 0) is 0 Å². The van der Waals surface area contributed by atoms with Crippen molar-refractivity contribution in [1.29, 1.82) is 0 Å². The predicted octanol–water partition coefficient (Wildman–Crippen LogP) is 2.23. The minimum absolute atomic E-state index is 0. The first kappa shape index (κ1) is 16.7. The van der Waals surface area contributed by atoms with Crippen LogP contribution in [-0.4, -0.2) is 0 Å². The summed E-state index contributed by atoms with van der Waals surface area (Å²) < 4.78 is 26.8. The third-order valence-corrected chi connectivity index (χ3v) is 4.17. The van der Waals surface area contributed by atoms with E-state index in [1.165, 1.54) is 25.3 Å². The van der Waals surface area contributed by atoms with Crippen LogP contribution in [0.4, 0.5) is 8.78 Å². The fraction of sp³-hybridized carbons (Fsp3) is 0.625. The molecule has 1 aliphatic rings. The van der Waals surface area contributed by atoms with Gasteiger partial charge in [-0.25, -0.2) is 4.39 Å². The molecule has 0 heterocycles. The molecule has 1 aromatic rings. The van der Waals surface area contributed by atoms with E-state index in [4.69, 9.17) is 0 Å². The fourth-order valence-electron chi connectivity index (χ4n) is 3.04. The molecule has 1 aliphatic carbocycles. The van der Waals surface area contributed by atoms with Crippen LogP contribution in [0.2, 0.25) is 0 Å². The van der Waals surface area contributed by atoms with Crippen molar-refractivity contribution < 1.29 is 27.6 Å². The Morgan fingerprint density at radius 1 is 1.21 bits per heavy atom. The van der Waals surface area contributed by atoms with Crippen molar-refractivity contribution in [3.05, 3.63) is 35.4 Å². The van der Waals surface area contributed by atoms with Crippen LogP contribution < -0.4 is 18.9 Å². The molecule has 0 radical (unpaired) electrons. The molecule has 1 saturated carbocycles. The van der Waals surface area contributed by atoms with Gasteiger partial charge in [0.05, 0.1) is 0 Å². The zero-order valence-corrected chi connectivity index (χ0v) is 12.0. The Morgan fingerprint density at radius 3 is 2.53 bits per heavy atom. The van der Waals surface area contributed by atoms with Crippen LogP contribution in [0.5, 0.6) is 0 Å². The molecule has 0 bridgehead atoms. The molecule has 0 spiro atoms. The normalized spacial score (nSPS) is 22.9. The summed E-state index contributed by atoms with van der Waals surface area (Å²) in [6.07, 6.45) is 8.13. The van der Waals surface area contributed by atoms with Gasteiger partial charge in [0.1, 0.15) is 0 Å². The molecule has 1 fully saturated rings. The second kappa shape index (κ2) is 8.07. The first-order valence-corrected chi connectivity index (χ1v) is 7.08. The Hall–Kier alpha value is -0.323. The molecule has 19 heavy (non-hydrogen) atoms. The molecule has 2 rings (SSSR count). The Bertz CT molecular complexity index is 384. The minimum atomic E-state index is -0.833. The molecule has 0 aliphatic heterocycles. The van der Waals surface area contributed by atoms with Crippen LogP contribution in [0.3, 0.4) is 0 Å². The zero-order chi connectivity index (χ0) is 13.0. The number of rotatable bonds is 4. The van der Waals surface area contributed by atoms with E-state index in [0.29, 0.717) is 5.56 Å². The number of halogens is 2. The maximum atomic E-state index is 13.7. The molecule has 0 nitrogen and oxygen atoms in total. The van der Waals surface area contributed by atoms with Crippen LogP contribution in [0.1, 0.15) is 63.4 Å². The summed E-state index contributed by atoms with van der Waals surface area (Å²) in [5, 5.41) is 0. The summed E-state index contributed by atoms with van der Waals surface area (Å²) in [5.74, 6) is -0.522. The molecule has 3 heteroatoms. The van der Waals surface area contributed by atoms with Gasteiger partial charge in [-0.3, -0.25) is 4.39 Å². The van der Waals surface area contributed by atoms with Gasteiger partial charge < -0.3 is 0 Å². The van der Waals surface area contributed by atoms with Gasteiger partial charge in [-0.2, -0.15) is 12.1 Å². The third-order valence-electron chi connectivity index (χ3n) is 4.17. The van der Waals surface area contributed by atoms with Gasteiger partial charge >= 0.3 is 18.9 Å². The first-order chi connectivity index (χ1) is 8.72. The van der Waals surface area contributed by atoms with Crippen LogP contribution >= 0.6 is 0 Å². The molecule has 0 N–H and O–H groups in total. The number of hydrogen-bond donors (Lipinski definition) is 0. The topological polar surface area (TPSA) is 0 Å². The second-order valence-electron chi connectivity index (χ2n) is 5.42. The van der Waals surface area contributed by atoms with Crippen molar-refractivity contribution in [2.75, 3.05) is 0 Å². The second-order valence-corrected chi connectivity index (χ2v) is 5.42. The molecule has 1 aromatic carbocycles. The SMILES string of the molecule is CCCCC1CCC(c2cc[c-]c(F)c2F)CC1.[Li+]. The van der Waals surface area contributed by atoms with Gasteiger partial charge in [-0.05, 0) is 37.5 Å². The van der Waals surface area contributed by atoms with Crippen molar-refractivity contribution in [2.24, 2.45) is 5.92 Å².